The van der Waals surface area contributed by atoms with E-state index < -0.39 is 6.43 Å². The Labute approximate surface area is 141 Å². The Morgan fingerprint density at radius 3 is 2.67 bits per heavy atom. The lowest BCUT2D eigenvalue weighted by atomic mass is 9.85. The topological polar surface area (TPSA) is 12.4 Å². The van der Waals surface area contributed by atoms with Crippen LogP contribution in [0.2, 0.25) is 0 Å². The largest absolute Gasteiger partial charge is 0.286 e. The van der Waals surface area contributed by atoms with Crippen molar-refractivity contribution in [1.82, 2.24) is 0 Å². The van der Waals surface area contributed by atoms with Crippen LogP contribution in [0.15, 0.2) is 28.3 Å². The van der Waals surface area contributed by atoms with Gasteiger partial charge in [0, 0.05) is 10.1 Å². The van der Waals surface area contributed by atoms with Crippen LogP contribution in [-0.2, 0) is 0 Å². The van der Waals surface area contributed by atoms with Crippen molar-refractivity contribution in [2.24, 2.45) is 10.9 Å². The molecule has 0 aromatic carbocycles. The molecule has 1 nitrogen and oxygen atoms in total. The smallest absolute Gasteiger partial charge is 0.259 e. The highest BCUT2D eigenvalue weighted by molar-refractivity contribution is 14.1. The number of allylic oxidation sites excluding steroid dienone is 3. The van der Waals surface area contributed by atoms with Crippen molar-refractivity contribution in [1.29, 1.82) is 0 Å². The van der Waals surface area contributed by atoms with Crippen molar-refractivity contribution in [3.8, 4) is 0 Å². The molecule has 0 saturated heterocycles. The number of hydrogen-bond donors (Lipinski definition) is 0. The average molecular weight is 409 g/mol. The van der Waals surface area contributed by atoms with E-state index in [1.165, 1.54) is 5.57 Å². The minimum Gasteiger partial charge on any atom is -0.286 e. The third-order valence-corrected chi connectivity index (χ3v) is 4.57. The van der Waals surface area contributed by atoms with Gasteiger partial charge in [0.1, 0.15) is 0 Å². The van der Waals surface area contributed by atoms with E-state index in [2.05, 4.69) is 54.4 Å². The summed E-state index contributed by atoms with van der Waals surface area (Å²) in [7, 11) is 0. The first-order chi connectivity index (χ1) is 9.72. The quantitative estimate of drug-likeness (QED) is 0.278. The minimum absolute atomic E-state index is 0.0477. The van der Waals surface area contributed by atoms with Crippen molar-refractivity contribution in [3.05, 3.63) is 23.3 Å². The van der Waals surface area contributed by atoms with Crippen molar-refractivity contribution in [2.45, 2.75) is 69.3 Å². The summed E-state index contributed by atoms with van der Waals surface area (Å²) in [5, 5.41) is 0. The molecule has 0 fully saturated rings. The zero-order chi connectivity index (χ0) is 16.0. The fourth-order valence-corrected chi connectivity index (χ4v) is 2.45. The average Bonchev–Trinajstić information content (AvgIpc) is 2.37. The molecule has 0 unspecified atom stereocenters. The number of aliphatic imine (C=N–C) groups is 1. The molecule has 0 saturated carbocycles. The molecule has 120 valence electrons. The highest BCUT2D eigenvalue weighted by atomic mass is 127. The van der Waals surface area contributed by atoms with E-state index in [1.54, 1.807) is 6.08 Å². The van der Waals surface area contributed by atoms with Gasteiger partial charge in [-0.3, -0.25) is 4.99 Å². The molecule has 2 atom stereocenters. The Hall–Kier alpha value is -0.260. The summed E-state index contributed by atoms with van der Waals surface area (Å²) in [5.41, 5.74) is 1.42. The summed E-state index contributed by atoms with van der Waals surface area (Å²) < 4.78 is 26.3. The van der Waals surface area contributed by atoms with E-state index in [4.69, 9.17) is 0 Å². The lowest BCUT2D eigenvalue weighted by molar-refractivity contribution is 0.184. The molecule has 4 heteroatoms. The van der Waals surface area contributed by atoms with Crippen LogP contribution in [0, 0.1) is 5.92 Å². The van der Waals surface area contributed by atoms with Gasteiger partial charge in [0.25, 0.3) is 6.43 Å². The highest BCUT2D eigenvalue weighted by Gasteiger charge is 2.25. The van der Waals surface area contributed by atoms with E-state index >= 15 is 0 Å². The number of hydrogen-bond acceptors (Lipinski definition) is 1. The van der Waals surface area contributed by atoms with Crippen LogP contribution >= 0.6 is 22.6 Å². The molecule has 0 aromatic rings. The molecule has 1 aliphatic rings. The van der Waals surface area contributed by atoms with Crippen LogP contribution in [-0.4, -0.2) is 22.1 Å². The van der Waals surface area contributed by atoms with Gasteiger partial charge in [-0.2, -0.15) is 0 Å². The van der Waals surface area contributed by atoms with Crippen LogP contribution in [0.3, 0.4) is 0 Å². The zero-order valence-electron chi connectivity index (χ0n) is 13.4. The van der Waals surface area contributed by atoms with Crippen LogP contribution in [0.1, 0.15) is 53.4 Å². The summed E-state index contributed by atoms with van der Waals surface area (Å²) in [6, 6.07) is 0. The molecule has 1 heterocycles. The van der Waals surface area contributed by atoms with Gasteiger partial charge in [-0.1, -0.05) is 48.6 Å². The summed E-state index contributed by atoms with van der Waals surface area (Å²) in [4.78, 5) is 4.56. The molecule has 1 aliphatic heterocycles. The number of dihydropyridines is 1. The molecular formula is C17H26F2IN. The molecule has 1 rings (SSSR count). The Bertz CT molecular complexity index is 423. The first kappa shape index (κ1) is 18.8. The predicted molar refractivity (Wildman–Crippen MR) is 95.9 cm³/mol. The number of alkyl halides is 3. The minimum atomic E-state index is -2.33. The second-order valence-corrected chi connectivity index (χ2v) is 8.52. The highest BCUT2D eigenvalue weighted by Crippen LogP contribution is 2.28. The van der Waals surface area contributed by atoms with Gasteiger partial charge in [-0.05, 0) is 56.6 Å². The Morgan fingerprint density at radius 2 is 2.14 bits per heavy atom. The maximum atomic E-state index is 13.0. The summed E-state index contributed by atoms with van der Waals surface area (Å²) in [6.07, 6.45) is 6.32. The second-order valence-electron chi connectivity index (χ2n) is 6.39. The Morgan fingerprint density at radius 1 is 1.48 bits per heavy atom. The fourth-order valence-electron chi connectivity index (χ4n) is 2.19. The van der Waals surface area contributed by atoms with E-state index in [-0.39, 0.29) is 5.54 Å². The van der Waals surface area contributed by atoms with Crippen LogP contribution in [0.4, 0.5) is 8.78 Å². The van der Waals surface area contributed by atoms with Gasteiger partial charge < -0.3 is 0 Å². The van der Waals surface area contributed by atoms with Crippen LogP contribution in [0.5, 0.6) is 0 Å². The molecule has 0 amide bonds. The Kier molecular flexibility index (Phi) is 7.51. The number of rotatable bonds is 7. The summed E-state index contributed by atoms with van der Waals surface area (Å²) >= 11 is 2.26. The second kappa shape index (κ2) is 8.39. The van der Waals surface area contributed by atoms with Gasteiger partial charge in [-0.25, -0.2) is 8.78 Å². The Balaban J connectivity index is 2.49. The summed E-state index contributed by atoms with van der Waals surface area (Å²) in [5.74, 6) is 0.391. The lowest BCUT2D eigenvalue weighted by Gasteiger charge is -2.29. The number of nitrogens with zero attached hydrogens (tertiary/aromatic N) is 1. The monoisotopic (exact) mass is 409 g/mol. The molecule has 0 N–H and O–H groups in total. The molecule has 0 spiro atoms. The van der Waals surface area contributed by atoms with Crippen LogP contribution < -0.4 is 0 Å². The SMILES string of the molecule is C[C@H](I)C/C=C(\CCCC1=C[C@H](C)C(C)(C)N=C1)C(F)F. The molecule has 21 heavy (non-hydrogen) atoms. The molecule has 0 aromatic heterocycles. The lowest BCUT2D eigenvalue weighted by Crippen LogP contribution is -2.28. The zero-order valence-corrected chi connectivity index (χ0v) is 15.5. The molecule has 0 aliphatic carbocycles. The van der Waals surface area contributed by atoms with Crippen molar-refractivity contribution >= 4 is 28.8 Å². The normalized spacial score (nSPS) is 23.3. The summed E-state index contributed by atoms with van der Waals surface area (Å²) in [6.45, 7) is 8.42. The standard InChI is InChI=1S/C17H26F2IN/c1-12-10-14(11-21-17(12,3)4)6-5-7-15(16(18)19)9-8-13(2)20/h9-13,16H,5-8H2,1-4H3/b15-9+/t12-,13-/m0/s1. The van der Waals surface area contributed by atoms with Gasteiger partial charge in [-0.15, -0.1) is 0 Å². The van der Waals surface area contributed by atoms with Crippen molar-refractivity contribution in [2.75, 3.05) is 0 Å². The van der Waals surface area contributed by atoms with Gasteiger partial charge in [0.2, 0.25) is 0 Å². The van der Waals surface area contributed by atoms with E-state index in [0.717, 1.165) is 19.3 Å². The van der Waals surface area contributed by atoms with Gasteiger partial charge in [0.05, 0.1) is 5.54 Å². The number of halogens is 3. The molecule has 0 radical (unpaired) electrons. The predicted octanol–water partition coefficient (Wildman–Crippen LogP) is 5.99. The molecule has 0 bridgehead atoms. The third-order valence-electron chi connectivity index (χ3n) is 4.06. The molecular weight excluding hydrogens is 383 g/mol. The van der Waals surface area contributed by atoms with Crippen molar-refractivity contribution < 1.29 is 8.78 Å². The van der Waals surface area contributed by atoms with E-state index in [1.807, 2.05) is 13.1 Å². The van der Waals surface area contributed by atoms with E-state index in [9.17, 15) is 8.78 Å². The van der Waals surface area contributed by atoms with Gasteiger partial charge in [0.15, 0.2) is 0 Å². The maximum Gasteiger partial charge on any atom is 0.259 e. The first-order valence-corrected chi connectivity index (χ1v) is 8.84. The fraction of sp³-hybridized carbons (Fsp3) is 0.706. The van der Waals surface area contributed by atoms with Crippen molar-refractivity contribution in [3.63, 3.8) is 0 Å². The van der Waals surface area contributed by atoms with Crippen LogP contribution in [0.25, 0.3) is 0 Å². The maximum absolute atomic E-state index is 13.0. The third kappa shape index (κ3) is 6.57. The first-order valence-electron chi connectivity index (χ1n) is 7.59. The van der Waals surface area contributed by atoms with Gasteiger partial charge >= 0.3 is 0 Å². The van der Waals surface area contributed by atoms with E-state index in [0.29, 0.717) is 21.8 Å².